The van der Waals surface area contributed by atoms with Gasteiger partial charge in [0.15, 0.2) is 0 Å². The molecule has 164 valence electrons. The fraction of sp³-hybridized carbons (Fsp3) is 0.200. The number of nitrogens with zero attached hydrogens (tertiary/aromatic N) is 2. The van der Waals surface area contributed by atoms with E-state index in [0.717, 1.165) is 33.9 Å². The first-order chi connectivity index (χ1) is 15.3. The molecule has 1 atom stereocenters. The van der Waals surface area contributed by atoms with Crippen LogP contribution in [-0.2, 0) is 30.0 Å². The molecule has 0 aliphatic rings. The normalized spacial score (nSPS) is 13.2. The molecular weight excluding hydrogens is 422 g/mol. The molecule has 0 aliphatic heterocycles. The van der Waals surface area contributed by atoms with Gasteiger partial charge < -0.3 is 14.2 Å². The Morgan fingerprint density at radius 2 is 1.53 bits per heavy atom. The Morgan fingerprint density at radius 1 is 0.906 bits per heavy atom. The number of hydrogen-bond acceptors (Lipinski definition) is 3. The summed E-state index contributed by atoms with van der Waals surface area (Å²) in [5, 5.41) is 14.4. The SMILES string of the molecule is Cn1c(CC(O)Cn2c3ccccc3c3ccccc32)cc2ccc(NS(C)(=O)=O)cc21. The number of aliphatic hydroxyl groups is 1. The molecule has 2 N–H and O–H groups in total. The van der Waals surface area contributed by atoms with Gasteiger partial charge in [0.05, 0.1) is 23.6 Å². The Balaban J connectivity index is 1.45. The molecule has 0 fully saturated rings. The van der Waals surface area contributed by atoms with Gasteiger partial charge in [0.25, 0.3) is 0 Å². The monoisotopic (exact) mass is 447 g/mol. The number of anilines is 1. The first-order valence-electron chi connectivity index (χ1n) is 10.5. The molecule has 2 aromatic heterocycles. The molecule has 5 rings (SSSR count). The van der Waals surface area contributed by atoms with Crippen LogP contribution in [0.4, 0.5) is 5.69 Å². The zero-order valence-corrected chi connectivity index (χ0v) is 18.8. The lowest BCUT2D eigenvalue weighted by Gasteiger charge is -2.15. The van der Waals surface area contributed by atoms with Crippen LogP contribution in [0.2, 0.25) is 0 Å². The van der Waals surface area contributed by atoms with Gasteiger partial charge in [-0.3, -0.25) is 4.72 Å². The lowest BCUT2D eigenvalue weighted by Crippen LogP contribution is -2.19. The summed E-state index contributed by atoms with van der Waals surface area (Å²) >= 11 is 0. The topological polar surface area (TPSA) is 76.3 Å². The van der Waals surface area contributed by atoms with E-state index in [9.17, 15) is 13.5 Å². The number of benzene rings is 3. The van der Waals surface area contributed by atoms with Crippen LogP contribution >= 0.6 is 0 Å². The summed E-state index contributed by atoms with van der Waals surface area (Å²) in [6.45, 7) is 0.483. The Hall–Kier alpha value is -3.29. The fourth-order valence-electron chi connectivity index (χ4n) is 4.58. The van der Waals surface area contributed by atoms with Crippen molar-refractivity contribution in [1.82, 2.24) is 9.13 Å². The number of fused-ring (bicyclic) bond motifs is 4. The average molecular weight is 448 g/mol. The first kappa shape index (κ1) is 20.6. The number of sulfonamides is 1. The van der Waals surface area contributed by atoms with Crippen molar-refractivity contribution in [3.05, 3.63) is 78.5 Å². The van der Waals surface area contributed by atoms with E-state index in [4.69, 9.17) is 0 Å². The first-order valence-corrected chi connectivity index (χ1v) is 12.4. The van der Waals surface area contributed by atoms with Crippen molar-refractivity contribution in [3.63, 3.8) is 0 Å². The quantitative estimate of drug-likeness (QED) is 0.408. The van der Waals surface area contributed by atoms with Gasteiger partial charge >= 0.3 is 0 Å². The minimum Gasteiger partial charge on any atom is -0.391 e. The van der Waals surface area contributed by atoms with Gasteiger partial charge in [-0.1, -0.05) is 42.5 Å². The molecular formula is C25H25N3O3S. The number of aliphatic hydroxyl groups excluding tert-OH is 1. The van der Waals surface area contributed by atoms with Gasteiger partial charge in [-0.15, -0.1) is 0 Å². The second-order valence-corrected chi connectivity index (χ2v) is 10.1. The van der Waals surface area contributed by atoms with Crippen LogP contribution in [0, 0.1) is 0 Å². The Morgan fingerprint density at radius 3 is 2.16 bits per heavy atom. The molecule has 0 radical (unpaired) electrons. The summed E-state index contributed by atoms with van der Waals surface area (Å²) in [4.78, 5) is 0. The van der Waals surface area contributed by atoms with Crippen LogP contribution in [0.15, 0.2) is 72.8 Å². The average Bonchev–Trinajstić information content (AvgIpc) is 3.23. The van der Waals surface area contributed by atoms with E-state index in [-0.39, 0.29) is 0 Å². The maximum absolute atomic E-state index is 11.6. The predicted molar refractivity (Wildman–Crippen MR) is 131 cm³/mol. The minimum atomic E-state index is -3.34. The van der Waals surface area contributed by atoms with E-state index in [0.29, 0.717) is 18.7 Å². The second-order valence-electron chi connectivity index (χ2n) is 8.35. The van der Waals surface area contributed by atoms with Crippen molar-refractivity contribution in [2.75, 3.05) is 11.0 Å². The molecule has 0 aliphatic carbocycles. The minimum absolute atomic E-state index is 0.483. The number of rotatable bonds is 6. The number of aromatic nitrogens is 2. The van der Waals surface area contributed by atoms with Crippen molar-refractivity contribution in [3.8, 4) is 0 Å². The van der Waals surface area contributed by atoms with Gasteiger partial charge in [0, 0.05) is 47.5 Å². The summed E-state index contributed by atoms with van der Waals surface area (Å²) < 4.78 is 29.8. The molecule has 7 heteroatoms. The molecule has 0 saturated heterocycles. The highest BCUT2D eigenvalue weighted by Gasteiger charge is 2.16. The zero-order valence-electron chi connectivity index (χ0n) is 18.0. The molecule has 2 heterocycles. The third-order valence-corrected chi connectivity index (χ3v) is 6.57. The van der Waals surface area contributed by atoms with Gasteiger partial charge in [0.1, 0.15) is 0 Å². The van der Waals surface area contributed by atoms with Crippen LogP contribution in [0.5, 0.6) is 0 Å². The molecule has 0 saturated carbocycles. The van der Waals surface area contributed by atoms with Gasteiger partial charge in [-0.05, 0) is 35.7 Å². The second kappa shape index (κ2) is 7.69. The molecule has 3 aromatic carbocycles. The molecule has 0 spiro atoms. The largest absolute Gasteiger partial charge is 0.391 e. The number of aryl methyl sites for hydroxylation is 1. The molecule has 0 bridgehead atoms. The van der Waals surface area contributed by atoms with E-state index in [1.807, 2.05) is 48.0 Å². The Labute approximate surface area is 186 Å². The highest BCUT2D eigenvalue weighted by atomic mass is 32.2. The molecule has 32 heavy (non-hydrogen) atoms. The summed E-state index contributed by atoms with van der Waals surface area (Å²) in [5.74, 6) is 0. The maximum Gasteiger partial charge on any atom is 0.229 e. The van der Waals surface area contributed by atoms with Gasteiger partial charge in [0.2, 0.25) is 10.0 Å². The third-order valence-electron chi connectivity index (χ3n) is 5.97. The van der Waals surface area contributed by atoms with Crippen molar-refractivity contribution in [1.29, 1.82) is 0 Å². The summed E-state index contributed by atoms with van der Waals surface area (Å²) in [6, 6.07) is 24.1. The van der Waals surface area contributed by atoms with Crippen molar-refractivity contribution >= 4 is 48.4 Å². The van der Waals surface area contributed by atoms with E-state index < -0.39 is 16.1 Å². The molecule has 5 aromatic rings. The third kappa shape index (κ3) is 3.74. The lowest BCUT2D eigenvalue weighted by molar-refractivity contribution is 0.155. The smallest absolute Gasteiger partial charge is 0.229 e. The molecule has 6 nitrogen and oxygen atoms in total. The highest BCUT2D eigenvalue weighted by Crippen LogP contribution is 2.29. The van der Waals surface area contributed by atoms with Crippen LogP contribution in [0.25, 0.3) is 32.7 Å². The Bertz CT molecular complexity index is 1510. The summed E-state index contributed by atoms with van der Waals surface area (Å²) in [6.07, 6.45) is 1.05. The van der Waals surface area contributed by atoms with E-state index in [1.165, 1.54) is 10.8 Å². The predicted octanol–water partition coefficient (Wildman–Crippen LogP) is 4.26. The van der Waals surface area contributed by atoms with Gasteiger partial charge in [-0.25, -0.2) is 8.42 Å². The van der Waals surface area contributed by atoms with Gasteiger partial charge in [-0.2, -0.15) is 0 Å². The van der Waals surface area contributed by atoms with E-state index in [2.05, 4.69) is 39.6 Å². The number of hydrogen-bond donors (Lipinski definition) is 2. The summed E-state index contributed by atoms with van der Waals surface area (Å²) in [5.41, 5.74) is 4.66. The summed E-state index contributed by atoms with van der Waals surface area (Å²) in [7, 11) is -1.40. The highest BCUT2D eigenvalue weighted by molar-refractivity contribution is 7.92. The fourth-order valence-corrected chi connectivity index (χ4v) is 5.13. The van der Waals surface area contributed by atoms with Crippen molar-refractivity contribution in [2.24, 2.45) is 7.05 Å². The lowest BCUT2D eigenvalue weighted by atomic mass is 10.1. The zero-order chi connectivity index (χ0) is 22.5. The van der Waals surface area contributed by atoms with Crippen LogP contribution < -0.4 is 4.72 Å². The number of nitrogens with one attached hydrogen (secondary N) is 1. The Kier molecular flexibility index (Phi) is 4.95. The molecule has 0 amide bonds. The van der Waals surface area contributed by atoms with E-state index in [1.54, 1.807) is 6.07 Å². The van der Waals surface area contributed by atoms with Crippen LogP contribution in [0.3, 0.4) is 0 Å². The number of para-hydroxylation sites is 2. The molecule has 1 unspecified atom stereocenters. The standard InChI is InChI=1S/C25H25N3O3S/c1-27-19(13-17-11-12-18(14-25(17)27)26-32(2,30)31)15-20(29)16-28-23-9-5-3-7-21(23)22-8-4-6-10-24(22)28/h3-14,20,26,29H,15-16H2,1-2H3. The van der Waals surface area contributed by atoms with Crippen molar-refractivity contribution in [2.45, 2.75) is 19.1 Å². The van der Waals surface area contributed by atoms with Crippen LogP contribution in [0.1, 0.15) is 5.69 Å². The maximum atomic E-state index is 11.6. The van der Waals surface area contributed by atoms with E-state index >= 15 is 0 Å². The van der Waals surface area contributed by atoms with Crippen LogP contribution in [-0.4, -0.2) is 35.0 Å². The van der Waals surface area contributed by atoms with Crippen molar-refractivity contribution < 1.29 is 13.5 Å².